The number of hydrogen-bond donors (Lipinski definition) is 3. The molecule has 1 aromatic carbocycles. The Hall–Kier alpha value is -2.50. The number of amides is 1. The van der Waals surface area contributed by atoms with Crippen LogP contribution in [-0.4, -0.2) is 30.3 Å². The van der Waals surface area contributed by atoms with Gasteiger partial charge in [0.1, 0.15) is 17.3 Å². The predicted molar refractivity (Wildman–Crippen MR) is 69.1 cm³/mol. The zero-order valence-corrected chi connectivity index (χ0v) is 10.2. The Morgan fingerprint density at radius 1 is 1.39 bits per heavy atom. The largest absolute Gasteiger partial charge is 0.497 e. The quantitative estimate of drug-likeness (QED) is 0.767. The van der Waals surface area contributed by atoms with Gasteiger partial charge in [0.25, 0.3) is 5.91 Å². The van der Waals surface area contributed by atoms with Crippen molar-refractivity contribution < 1.29 is 9.53 Å². The van der Waals surface area contributed by atoms with Gasteiger partial charge in [-0.1, -0.05) is 6.07 Å². The number of carbonyl (C=O) groups excluding carboxylic acids is 1. The summed E-state index contributed by atoms with van der Waals surface area (Å²) in [5, 5.41) is 12.2. The number of hydrogen-bond acceptors (Lipinski definition) is 4. The number of ether oxygens (including phenoxy) is 1. The van der Waals surface area contributed by atoms with Crippen LogP contribution in [0.4, 0.5) is 11.5 Å². The molecule has 0 radical (unpaired) electrons. The molecule has 2 rings (SSSR count). The normalized spacial score (nSPS) is 9.89. The summed E-state index contributed by atoms with van der Waals surface area (Å²) in [7, 11) is 3.31. The Morgan fingerprint density at radius 2 is 2.22 bits per heavy atom. The van der Waals surface area contributed by atoms with Crippen LogP contribution < -0.4 is 15.4 Å². The highest BCUT2D eigenvalue weighted by atomic mass is 16.5. The number of rotatable bonds is 4. The van der Waals surface area contributed by atoms with Gasteiger partial charge in [0.15, 0.2) is 0 Å². The number of nitrogens with one attached hydrogen (secondary N) is 3. The molecule has 6 nitrogen and oxygen atoms in total. The van der Waals surface area contributed by atoms with Gasteiger partial charge < -0.3 is 15.4 Å². The lowest BCUT2D eigenvalue weighted by atomic mass is 10.3. The number of nitrogens with zero attached hydrogens (tertiary/aromatic N) is 1. The summed E-state index contributed by atoms with van der Waals surface area (Å²) in [5.74, 6) is 1.05. The van der Waals surface area contributed by atoms with Crippen molar-refractivity contribution in [3.05, 3.63) is 36.0 Å². The Kier molecular flexibility index (Phi) is 3.47. The molecule has 0 atom stereocenters. The van der Waals surface area contributed by atoms with Crippen molar-refractivity contribution in [3.63, 3.8) is 0 Å². The highest BCUT2D eigenvalue weighted by Gasteiger charge is 2.09. The van der Waals surface area contributed by atoms with E-state index < -0.39 is 0 Å². The molecular formula is C12H14N4O2. The van der Waals surface area contributed by atoms with Gasteiger partial charge in [0, 0.05) is 24.9 Å². The van der Waals surface area contributed by atoms with Gasteiger partial charge in [0.05, 0.1) is 7.11 Å². The summed E-state index contributed by atoms with van der Waals surface area (Å²) in [6, 6.07) is 8.78. The van der Waals surface area contributed by atoms with Gasteiger partial charge in [-0.25, -0.2) is 0 Å². The van der Waals surface area contributed by atoms with E-state index in [-0.39, 0.29) is 5.91 Å². The van der Waals surface area contributed by atoms with Gasteiger partial charge in [-0.2, -0.15) is 5.10 Å². The fourth-order valence-corrected chi connectivity index (χ4v) is 1.47. The van der Waals surface area contributed by atoms with Gasteiger partial charge in [-0.15, -0.1) is 0 Å². The monoisotopic (exact) mass is 246 g/mol. The molecule has 18 heavy (non-hydrogen) atoms. The van der Waals surface area contributed by atoms with Crippen molar-refractivity contribution in [2.24, 2.45) is 0 Å². The first-order chi connectivity index (χ1) is 8.72. The number of anilines is 2. The van der Waals surface area contributed by atoms with Crippen molar-refractivity contribution in [1.29, 1.82) is 0 Å². The lowest BCUT2D eigenvalue weighted by molar-refractivity contribution is 0.102. The van der Waals surface area contributed by atoms with Crippen molar-refractivity contribution in [2.45, 2.75) is 0 Å². The zero-order chi connectivity index (χ0) is 13.0. The number of aromatic amines is 1. The SMILES string of the molecule is CNc1cc(C(=O)Nc2cccc(OC)c2)[nH]n1. The average Bonchev–Trinajstić information content (AvgIpc) is 2.88. The zero-order valence-electron chi connectivity index (χ0n) is 10.2. The fraction of sp³-hybridized carbons (Fsp3) is 0.167. The van der Waals surface area contributed by atoms with Crippen LogP contribution in [0.25, 0.3) is 0 Å². The van der Waals surface area contributed by atoms with E-state index in [1.54, 1.807) is 38.4 Å². The summed E-state index contributed by atoms with van der Waals surface area (Å²) >= 11 is 0. The van der Waals surface area contributed by atoms with Gasteiger partial charge in [-0.3, -0.25) is 9.89 Å². The average molecular weight is 246 g/mol. The molecule has 0 spiro atoms. The van der Waals surface area contributed by atoms with E-state index in [9.17, 15) is 4.79 Å². The molecule has 6 heteroatoms. The van der Waals surface area contributed by atoms with Crippen molar-refractivity contribution >= 4 is 17.4 Å². The second kappa shape index (κ2) is 5.22. The molecule has 0 bridgehead atoms. The number of aromatic nitrogens is 2. The van der Waals surface area contributed by atoms with E-state index >= 15 is 0 Å². The predicted octanol–water partition coefficient (Wildman–Crippen LogP) is 1.71. The molecule has 1 aromatic heterocycles. The topological polar surface area (TPSA) is 79.0 Å². The minimum atomic E-state index is -0.253. The van der Waals surface area contributed by atoms with Gasteiger partial charge in [-0.05, 0) is 12.1 Å². The Labute approximate surface area is 104 Å². The molecular weight excluding hydrogens is 232 g/mol. The second-order valence-electron chi connectivity index (χ2n) is 3.60. The summed E-state index contributed by atoms with van der Waals surface area (Å²) < 4.78 is 5.08. The molecule has 1 amide bonds. The van der Waals surface area contributed by atoms with Crippen LogP contribution in [0.2, 0.25) is 0 Å². The summed E-state index contributed by atoms with van der Waals surface area (Å²) in [4.78, 5) is 11.9. The van der Waals surface area contributed by atoms with E-state index in [0.29, 0.717) is 22.9 Å². The Balaban J connectivity index is 2.10. The molecule has 2 aromatic rings. The van der Waals surface area contributed by atoms with Crippen molar-refractivity contribution in [2.75, 3.05) is 24.8 Å². The van der Waals surface area contributed by atoms with Crippen molar-refractivity contribution in [3.8, 4) is 5.75 Å². The molecule has 0 aliphatic rings. The first kappa shape index (κ1) is 12.0. The van der Waals surface area contributed by atoms with Crippen LogP contribution in [0.1, 0.15) is 10.5 Å². The fourth-order valence-electron chi connectivity index (χ4n) is 1.47. The highest BCUT2D eigenvalue weighted by molar-refractivity contribution is 6.03. The molecule has 94 valence electrons. The second-order valence-corrected chi connectivity index (χ2v) is 3.60. The number of benzene rings is 1. The lowest BCUT2D eigenvalue weighted by Gasteiger charge is -2.05. The minimum absolute atomic E-state index is 0.253. The Morgan fingerprint density at radius 3 is 2.89 bits per heavy atom. The third-order valence-electron chi connectivity index (χ3n) is 2.41. The molecule has 0 saturated carbocycles. The van der Waals surface area contributed by atoms with E-state index in [1.165, 1.54) is 0 Å². The molecule has 0 unspecified atom stereocenters. The maximum atomic E-state index is 11.9. The van der Waals surface area contributed by atoms with Crippen LogP contribution in [0.15, 0.2) is 30.3 Å². The standard InChI is InChI=1S/C12H14N4O2/c1-13-11-7-10(15-16-11)12(17)14-8-4-3-5-9(6-8)18-2/h3-7H,1-2H3,(H,14,17)(H2,13,15,16). The number of H-pyrrole nitrogens is 1. The van der Waals surface area contributed by atoms with E-state index in [1.807, 2.05) is 6.07 Å². The third-order valence-corrected chi connectivity index (χ3v) is 2.41. The molecule has 1 heterocycles. The van der Waals surface area contributed by atoms with E-state index in [4.69, 9.17) is 4.74 Å². The lowest BCUT2D eigenvalue weighted by Crippen LogP contribution is -2.12. The van der Waals surface area contributed by atoms with Crippen LogP contribution >= 0.6 is 0 Å². The molecule has 0 fully saturated rings. The van der Waals surface area contributed by atoms with Crippen LogP contribution in [0.3, 0.4) is 0 Å². The van der Waals surface area contributed by atoms with E-state index in [0.717, 1.165) is 0 Å². The summed E-state index contributed by atoms with van der Waals surface area (Å²) in [6.45, 7) is 0. The van der Waals surface area contributed by atoms with Crippen LogP contribution in [-0.2, 0) is 0 Å². The molecule has 3 N–H and O–H groups in total. The minimum Gasteiger partial charge on any atom is -0.497 e. The number of methoxy groups -OCH3 is 1. The molecule has 0 aliphatic carbocycles. The maximum absolute atomic E-state index is 11.9. The maximum Gasteiger partial charge on any atom is 0.273 e. The summed E-state index contributed by atoms with van der Waals surface area (Å²) in [5.41, 5.74) is 1.06. The molecule has 0 saturated heterocycles. The van der Waals surface area contributed by atoms with Crippen LogP contribution in [0, 0.1) is 0 Å². The summed E-state index contributed by atoms with van der Waals surface area (Å²) in [6.07, 6.45) is 0. The Bertz CT molecular complexity index is 551. The first-order valence-electron chi connectivity index (χ1n) is 5.41. The first-order valence-corrected chi connectivity index (χ1v) is 5.41. The molecule has 0 aliphatic heterocycles. The van der Waals surface area contributed by atoms with Crippen molar-refractivity contribution in [1.82, 2.24) is 10.2 Å². The number of carbonyl (C=O) groups is 1. The highest BCUT2D eigenvalue weighted by Crippen LogP contribution is 2.17. The van der Waals surface area contributed by atoms with Crippen LogP contribution in [0.5, 0.6) is 5.75 Å². The smallest absolute Gasteiger partial charge is 0.273 e. The van der Waals surface area contributed by atoms with E-state index in [2.05, 4.69) is 20.8 Å². The van der Waals surface area contributed by atoms with Gasteiger partial charge >= 0.3 is 0 Å². The van der Waals surface area contributed by atoms with Gasteiger partial charge in [0.2, 0.25) is 0 Å². The third kappa shape index (κ3) is 2.60.